The Bertz CT molecular complexity index is 920. The lowest BCUT2D eigenvalue weighted by molar-refractivity contribution is 0.411. The van der Waals surface area contributed by atoms with Crippen LogP contribution in [0.2, 0.25) is 0 Å². The molecule has 7 heteroatoms. The number of nitrogens with zero attached hydrogens (tertiary/aromatic N) is 3. The topological polar surface area (TPSA) is 50.3 Å². The summed E-state index contributed by atoms with van der Waals surface area (Å²) in [5.41, 5.74) is 2.47. The van der Waals surface area contributed by atoms with Crippen molar-refractivity contribution < 1.29 is 4.74 Å². The third-order valence-electron chi connectivity index (χ3n) is 5.55. The lowest BCUT2D eigenvalue weighted by Crippen LogP contribution is -2.43. The summed E-state index contributed by atoms with van der Waals surface area (Å²) < 4.78 is 6.45. The highest BCUT2D eigenvalue weighted by Gasteiger charge is 2.22. The van der Waals surface area contributed by atoms with E-state index in [1.807, 2.05) is 12.1 Å². The summed E-state index contributed by atoms with van der Waals surface area (Å²) in [6, 6.07) is 9.00. The number of benzene rings is 1. The minimum atomic E-state index is 0.601. The van der Waals surface area contributed by atoms with Crippen molar-refractivity contribution in [2.24, 2.45) is 0 Å². The van der Waals surface area contributed by atoms with Gasteiger partial charge in [-0.25, -0.2) is 9.97 Å². The number of methoxy groups -OCH3 is 1. The molecule has 1 N–H and O–H groups in total. The van der Waals surface area contributed by atoms with Crippen molar-refractivity contribution in [3.63, 3.8) is 0 Å². The van der Waals surface area contributed by atoms with Gasteiger partial charge in [0.15, 0.2) is 0 Å². The fourth-order valence-corrected chi connectivity index (χ4v) is 5.71. The van der Waals surface area contributed by atoms with E-state index in [2.05, 4.69) is 44.0 Å². The summed E-state index contributed by atoms with van der Waals surface area (Å²) in [6.45, 7) is 3.17. The molecule has 3 aromatic rings. The molecule has 1 fully saturated rings. The molecule has 0 aliphatic carbocycles. The first kappa shape index (κ1) is 20.4. The average Bonchev–Trinajstić information content (AvgIpc) is 3.21. The van der Waals surface area contributed by atoms with Gasteiger partial charge in [-0.1, -0.05) is 12.1 Å². The van der Waals surface area contributed by atoms with Gasteiger partial charge < -0.3 is 15.0 Å². The van der Waals surface area contributed by atoms with Gasteiger partial charge in [-0.2, -0.15) is 0 Å². The number of aromatic nitrogens is 2. The third-order valence-corrected chi connectivity index (χ3v) is 7.42. The highest BCUT2D eigenvalue weighted by Crippen LogP contribution is 2.36. The van der Waals surface area contributed by atoms with Crippen LogP contribution in [0.15, 0.2) is 40.9 Å². The Labute approximate surface area is 180 Å². The Morgan fingerprint density at radius 3 is 2.72 bits per heavy atom. The standard InChI is InChI=1S/C22H28N4OS2/c1-27-18-7-5-16(6-8-18)4-3-11-23-17-9-12-26(13-10-17)22-21-20(24-15-25-22)19(28-2)14-29-21/h5-8,14-15,17,23H,3-4,9-13H2,1-2H3. The van der Waals surface area contributed by atoms with Crippen LogP contribution in [0, 0.1) is 0 Å². The predicted octanol–water partition coefficient (Wildman–Crippen LogP) is 4.61. The van der Waals surface area contributed by atoms with Gasteiger partial charge in [-0.3, -0.25) is 0 Å². The summed E-state index contributed by atoms with van der Waals surface area (Å²) in [4.78, 5) is 12.8. The maximum Gasteiger partial charge on any atom is 0.150 e. The van der Waals surface area contributed by atoms with Crippen molar-refractivity contribution in [2.75, 3.05) is 37.9 Å². The predicted molar refractivity (Wildman–Crippen MR) is 124 cm³/mol. The van der Waals surface area contributed by atoms with E-state index in [4.69, 9.17) is 4.74 Å². The zero-order chi connectivity index (χ0) is 20.1. The summed E-state index contributed by atoms with van der Waals surface area (Å²) >= 11 is 3.52. The van der Waals surface area contributed by atoms with Crippen molar-refractivity contribution in [3.8, 4) is 5.75 Å². The van der Waals surface area contributed by atoms with Crippen LogP contribution in [0.3, 0.4) is 0 Å². The fraction of sp³-hybridized carbons (Fsp3) is 0.455. The summed E-state index contributed by atoms with van der Waals surface area (Å²) in [7, 11) is 1.71. The van der Waals surface area contributed by atoms with E-state index in [0.29, 0.717) is 6.04 Å². The number of nitrogens with one attached hydrogen (secondary N) is 1. The Hall–Kier alpha value is -1.83. The number of anilines is 1. The summed E-state index contributed by atoms with van der Waals surface area (Å²) in [6.07, 6.45) is 8.41. The quantitative estimate of drug-likeness (QED) is 0.418. The number of piperidine rings is 1. The Kier molecular flexibility index (Phi) is 6.90. The maximum atomic E-state index is 5.22. The van der Waals surface area contributed by atoms with Crippen molar-refractivity contribution in [1.82, 2.24) is 15.3 Å². The fourth-order valence-electron chi connectivity index (χ4n) is 3.87. The van der Waals surface area contributed by atoms with E-state index in [1.54, 1.807) is 36.5 Å². The molecule has 0 amide bonds. The molecule has 1 aliphatic heterocycles. The molecule has 0 unspecified atom stereocenters. The summed E-state index contributed by atoms with van der Waals surface area (Å²) in [5.74, 6) is 2.03. The Morgan fingerprint density at radius 1 is 1.21 bits per heavy atom. The van der Waals surface area contributed by atoms with E-state index in [1.165, 1.54) is 15.2 Å². The van der Waals surface area contributed by atoms with Crippen LogP contribution < -0.4 is 15.0 Å². The molecule has 1 aromatic carbocycles. The van der Waals surface area contributed by atoms with Gasteiger partial charge in [0, 0.05) is 29.4 Å². The van der Waals surface area contributed by atoms with E-state index >= 15 is 0 Å². The molecule has 4 rings (SSSR count). The number of thioether (sulfide) groups is 1. The third kappa shape index (κ3) is 4.85. The monoisotopic (exact) mass is 428 g/mol. The van der Waals surface area contributed by atoms with Crippen LogP contribution in [-0.4, -0.2) is 49.0 Å². The Balaban J connectivity index is 1.24. The van der Waals surface area contributed by atoms with E-state index < -0.39 is 0 Å². The zero-order valence-corrected chi connectivity index (χ0v) is 18.7. The number of rotatable bonds is 8. The SMILES string of the molecule is COc1ccc(CCCNC2CCN(c3ncnc4c(SC)csc34)CC2)cc1. The number of fused-ring (bicyclic) bond motifs is 1. The van der Waals surface area contributed by atoms with Gasteiger partial charge in [-0.15, -0.1) is 23.1 Å². The second kappa shape index (κ2) is 9.78. The molecule has 1 aliphatic rings. The van der Waals surface area contributed by atoms with E-state index in [-0.39, 0.29) is 0 Å². The first-order valence-corrected chi connectivity index (χ1v) is 12.3. The van der Waals surface area contributed by atoms with E-state index in [9.17, 15) is 0 Å². The van der Waals surface area contributed by atoms with Gasteiger partial charge in [0.2, 0.25) is 0 Å². The molecule has 29 heavy (non-hydrogen) atoms. The van der Waals surface area contributed by atoms with Gasteiger partial charge in [0.05, 0.1) is 11.8 Å². The van der Waals surface area contributed by atoms with Crippen LogP contribution in [0.4, 0.5) is 5.82 Å². The molecular formula is C22H28N4OS2. The largest absolute Gasteiger partial charge is 0.497 e. The number of ether oxygens (including phenoxy) is 1. The number of hydrogen-bond acceptors (Lipinski definition) is 7. The maximum absolute atomic E-state index is 5.22. The molecule has 154 valence electrons. The van der Waals surface area contributed by atoms with E-state index in [0.717, 1.165) is 62.4 Å². The number of aryl methyl sites for hydroxylation is 1. The Morgan fingerprint density at radius 2 is 2.00 bits per heavy atom. The van der Waals surface area contributed by atoms with Crippen molar-refractivity contribution in [3.05, 3.63) is 41.5 Å². The number of hydrogen-bond donors (Lipinski definition) is 1. The number of thiophene rings is 1. The molecule has 3 heterocycles. The zero-order valence-electron chi connectivity index (χ0n) is 17.1. The molecule has 0 atom stereocenters. The average molecular weight is 429 g/mol. The minimum absolute atomic E-state index is 0.601. The second-order valence-corrected chi connectivity index (χ2v) is 9.07. The normalized spacial score (nSPS) is 15.2. The molecule has 0 bridgehead atoms. The van der Waals surface area contributed by atoms with Crippen LogP contribution in [0.25, 0.3) is 10.2 Å². The molecule has 0 spiro atoms. The molecule has 5 nitrogen and oxygen atoms in total. The van der Waals surface area contributed by atoms with Crippen molar-refractivity contribution >= 4 is 39.1 Å². The van der Waals surface area contributed by atoms with Crippen LogP contribution in [0.1, 0.15) is 24.8 Å². The van der Waals surface area contributed by atoms with Gasteiger partial charge in [0.1, 0.15) is 23.4 Å². The molecule has 0 saturated carbocycles. The van der Waals surface area contributed by atoms with Crippen LogP contribution in [0.5, 0.6) is 5.75 Å². The highest BCUT2D eigenvalue weighted by atomic mass is 32.2. The lowest BCUT2D eigenvalue weighted by Gasteiger charge is -2.33. The first-order valence-electron chi connectivity index (χ1n) is 10.2. The smallest absolute Gasteiger partial charge is 0.150 e. The van der Waals surface area contributed by atoms with Gasteiger partial charge >= 0.3 is 0 Å². The van der Waals surface area contributed by atoms with Gasteiger partial charge in [-0.05, 0) is 56.2 Å². The highest BCUT2D eigenvalue weighted by molar-refractivity contribution is 7.99. The minimum Gasteiger partial charge on any atom is -0.497 e. The molecule has 1 saturated heterocycles. The molecular weight excluding hydrogens is 400 g/mol. The van der Waals surface area contributed by atoms with Crippen molar-refractivity contribution in [2.45, 2.75) is 36.6 Å². The van der Waals surface area contributed by atoms with Crippen LogP contribution >= 0.6 is 23.1 Å². The molecule has 2 aromatic heterocycles. The molecule has 0 radical (unpaired) electrons. The van der Waals surface area contributed by atoms with Crippen LogP contribution in [-0.2, 0) is 6.42 Å². The first-order chi connectivity index (χ1) is 14.3. The summed E-state index contributed by atoms with van der Waals surface area (Å²) in [5, 5.41) is 5.95. The second-order valence-electron chi connectivity index (χ2n) is 7.35. The lowest BCUT2D eigenvalue weighted by atomic mass is 10.0. The van der Waals surface area contributed by atoms with Gasteiger partial charge in [0.25, 0.3) is 0 Å². The van der Waals surface area contributed by atoms with Crippen molar-refractivity contribution in [1.29, 1.82) is 0 Å².